The molecule has 0 N–H and O–H groups in total. The number of ether oxygens (including phenoxy) is 1. The summed E-state index contributed by atoms with van der Waals surface area (Å²) in [6.07, 6.45) is 1.82. The predicted molar refractivity (Wildman–Crippen MR) is 68.6 cm³/mol. The molecule has 1 aliphatic heterocycles. The molecule has 0 aliphatic carbocycles. The second-order valence-corrected chi connectivity index (χ2v) is 4.64. The fourth-order valence-electron chi connectivity index (χ4n) is 2.16. The summed E-state index contributed by atoms with van der Waals surface area (Å²) in [6, 6.07) is 7.96. The van der Waals surface area contributed by atoms with Crippen molar-refractivity contribution in [2.45, 2.75) is 12.8 Å². The van der Waals surface area contributed by atoms with Gasteiger partial charge in [0, 0.05) is 24.0 Å². The largest absolute Gasteiger partial charge is 0.495 e. The number of rotatable bonds is 2. The van der Waals surface area contributed by atoms with Gasteiger partial charge < -0.3 is 9.64 Å². The summed E-state index contributed by atoms with van der Waals surface area (Å²) in [5.74, 6) is 1.03. The summed E-state index contributed by atoms with van der Waals surface area (Å²) in [4.78, 5) is 2.23. The Morgan fingerprint density at radius 1 is 1.41 bits per heavy atom. The van der Waals surface area contributed by atoms with Gasteiger partial charge in [-0.25, -0.2) is 0 Å². The van der Waals surface area contributed by atoms with Crippen LogP contribution in [-0.4, -0.2) is 20.2 Å². The van der Waals surface area contributed by atoms with Crippen molar-refractivity contribution in [3.05, 3.63) is 23.2 Å². The van der Waals surface area contributed by atoms with Crippen LogP contribution in [0.15, 0.2) is 18.2 Å². The molecule has 0 bridgehead atoms. The molecule has 3 nitrogen and oxygen atoms in total. The van der Waals surface area contributed by atoms with Crippen molar-refractivity contribution in [2.75, 3.05) is 25.1 Å². The molecular formula is C13H15ClN2O. The first kappa shape index (κ1) is 12.1. The number of anilines is 1. The lowest BCUT2D eigenvalue weighted by Crippen LogP contribution is -2.33. The summed E-state index contributed by atoms with van der Waals surface area (Å²) in [5.41, 5.74) is 1.02. The molecule has 0 aromatic heterocycles. The van der Waals surface area contributed by atoms with Crippen molar-refractivity contribution < 1.29 is 4.74 Å². The number of halogens is 1. The Morgan fingerprint density at radius 2 is 2.12 bits per heavy atom. The number of methoxy groups -OCH3 is 1. The van der Waals surface area contributed by atoms with Crippen molar-refractivity contribution in [1.29, 1.82) is 5.26 Å². The molecule has 0 spiro atoms. The first-order valence-electron chi connectivity index (χ1n) is 5.72. The van der Waals surface area contributed by atoms with Gasteiger partial charge in [0.2, 0.25) is 0 Å². The first-order valence-corrected chi connectivity index (χ1v) is 6.10. The van der Waals surface area contributed by atoms with Crippen LogP contribution < -0.4 is 9.64 Å². The van der Waals surface area contributed by atoms with Gasteiger partial charge >= 0.3 is 0 Å². The highest BCUT2D eigenvalue weighted by atomic mass is 35.5. The Balaban J connectivity index is 2.18. The van der Waals surface area contributed by atoms with Crippen LogP contribution in [0, 0.1) is 17.2 Å². The standard InChI is InChI=1S/C13H15ClN2O/c1-17-13-3-2-11(14)8-12(13)16-6-4-10(9-15)5-7-16/h2-3,8,10H,4-7H2,1H3. The zero-order valence-corrected chi connectivity index (χ0v) is 10.6. The average Bonchev–Trinajstić information content (AvgIpc) is 2.39. The Labute approximate surface area is 107 Å². The second kappa shape index (κ2) is 5.29. The minimum atomic E-state index is 0.191. The molecule has 1 aliphatic rings. The lowest BCUT2D eigenvalue weighted by atomic mass is 9.98. The van der Waals surface area contributed by atoms with E-state index >= 15 is 0 Å². The van der Waals surface area contributed by atoms with Crippen molar-refractivity contribution >= 4 is 17.3 Å². The molecule has 1 fully saturated rings. The molecule has 1 aromatic carbocycles. The van der Waals surface area contributed by atoms with E-state index in [0.717, 1.165) is 37.4 Å². The summed E-state index contributed by atoms with van der Waals surface area (Å²) in [5, 5.41) is 9.59. The molecule has 17 heavy (non-hydrogen) atoms. The van der Waals surface area contributed by atoms with E-state index in [2.05, 4.69) is 11.0 Å². The topological polar surface area (TPSA) is 36.3 Å². The van der Waals surface area contributed by atoms with E-state index in [1.54, 1.807) is 7.11 Å². The van der Waals surface area contributed by atoms with Gasteiger partial charge in [0.15, 0.2) is 0 Å². The Morgan fingerprint density at radius 3 is 2.71 bits per heavy atom. The zero-order valence-electron chi connectivity index (χ0n) is 9.82. The molecule has 0 amide bonds. The average molecular weight is 251 g/mol. The molecule has 1 heterocycles. The number of nitrogens with zero attached hydrogens (tertiary/aromatic N) is 2. The Kier molecular flexibility index (Phi) is 3.75. The van der Waals surface area contributed by atoms with Crippen LogP contribution in [0.1, 0.15) is 12.8 Å². The van der Waals surface area contributed by atoms with Crippen molar-refractivity contribution in [1.82, 2.24) is 0 Å². The van der Waals surface area contributed by atoms with Crippen molar-refractivity contribution in [3.8, 4) is 11.8 Å². The van der Waals surface area contributed by atoms with Crippen LogP contribution in [0.2, 0.25) is 5.02 Å². The molecule has 90 valence electrons. The summed E-state index contributed by atoms with van der Waals surface area (Å²) < 4.78 is 5.34. The van der Waals surface area contributed by atoms with Gasteiger partial charge in [-0.2, -0.15) is 5.26 Å². The van der Waals surface area contributed by atoms with Crippen LogP contribution in [0.5, 0.6) is 5.75 Å². The highest BCUT2D eigenvalue weighted by molar-refractivity contribution is 6.30. The van der Waals surface area contributed by atoms with Gasteiger partial charge in [-0.15, -0.1) is 0 Å². The first-order chi connectivity index (χ1) is 8.24. The van der Waals surface area contributed by atoms with Crippen molar-refractivity contribution in [2.24, 2.45) is 5.92 Å². The number of nitriles is 1. The van der Waals surface area contributed by atoms with Crippen LogP contribution >= 0.6 is 11.6 Å². The molecule has 1 aromatic rings. The Bertz CT molecular complexity index is 434. The van der Waals surface area contributed by atoms with E-state index in [9.17, 15) is 0 Å². The van der Waals surface area contributed by atoms with E-state index < -0.39 is 0 Å². The van der Waals surface area contributed by atoms with E-state index in [4.69, 9.17) is 21.6 Å². The predicted octanol–water partition coefficient (Wildman–Crippen LogP) is 3.09. The highest BCUT2D eigenvalue weighted by Crippen LogP contribution is 2.33. The lowest BCUT2D eigenvalue weighted by molar-refractivity contribution is 0.410. The molecule has 0 radical (unpaired) electrons. The number of hydrogen-bond donors (Lipinski definition) is 0. The fourth-order valence-corrected chi connectivity index (χ4v) is 2.33. The monoisotopic (exact) mass is 250 g/mol. The third kappa shape index (κ3) is 2.65. The molecule has 0 atom stereocenters. The van der Waals surface area contributed by atoms with Gasteiger partial charge in [-0.1, -0.05) is 11.6 Å². The van der Waals surface area contributed by atoms with E-state index in [1.807, 2.05) is 18.2 Å². The van der Waals surface area contributed by atoms with Crippen LogP contribution in [0.25, 0.3) is 0 Å². The minimum Gasteiger partial charge on any atom is -0.495 e. The number of piperidine rings is 1. The maximum absolute atomic E-state index is 8.88. The van der Waals surface area contributed by atoms with Gasteiger partial charge in [-0.05, 0) is 31.0 Å². The SMILES string of the molecule is COc1ccc(Cl)cc1N1CCC(C#N)CC1. The van der Waals surface area contributed by atoms with Gasteiger partial charge in [0.25, 0.3) is 0 Å². The Hall–Kier alpha value is -1.40. The smallest absolute Gasteiger partial charge is 0.142 e. The lowest BCUT2D eigenvalue weighted by Gasteiger charge is -2.32. The third-order valence-corrected chi connectivity index (χ3v) is 3.39. The maximum Gasteiger partial charge on any atom is 0.142 e. The van der Waals surface area contributed by atoms with Crippen LogP contribution in [0.4, 0.5) is 5.69 Å². The third-order valence-electron chi connectivity index (χ3n) is 3.16. The van der Waals surface area contributed by atoms with Crippen molar-refractivity contribution in [3.63, 3.8) is 0 Å². The van der Waals surface area contributed by atoms with Crippen LogP contribution in [0.3, 0.4) is 0 Å². The van der Waals surface area contributed by atoms with Gasteiger partial charge in [-0.3, -0.25) is 0 Å². The molecule has 2 rings (SSSR count). The normalized spacial score (nSPS) is 16.6. The molecule has 4 heteroatoms. The summed E-state index contributed by atoms with van der Waals surface area (Å²) in [6.45, 7) is 1.77. The second-order valence-electron chi connectivity index (χ2n) is 4.21. The molecule has 0 saturated carbocycles. The fraction of sp³-hybridized carbons (Fsp3) is 0.462. The summed E-state index contributed by atoms with van der Waals surface area (Å²) >= 11 is 6.01. The quantitative estimate of drug-likeness (QED) is 0.809. The number of benzene rings is 1. The van der Waals surface area contributed by atoms with E-state index in [0.29, 0.717) is 5.02 Å². The van der Waals surface area contributed by atoms with Gasteiger partial charge in [0.05, 0.1) is 18.9 Å². The molecule has 1 saturated heterocycles. The van der Waals surface area contributed by atoms with Crippen LogP contribution in [-0.2, 0) is 0 Å². The highest BCUT2D eigenvalue weighted by Gasteiger charge is 2.21. The van der Waals surface area contributed by atoms with E-state index in [1.165, 1.54) is 0 Å². The molecule has 0 unspecified atom stereocenters. The van der Waals surface area contributed by atoms with E-state index in [-0.39, 0.29) is 5.92 Å². The molecular weight excluding hydrogens is 236 g/mol. The maximum atomic E-state index is 8.88. The zero-order chi connectivity index (χ0) is 12.3. The number of hydrogen-bond acceptors (Lipinski definition) is 3. The minimum absolute atomic E-state index is 0.191. The summed E-state index contributed by atoms with van der Waals surface area (Å²) in [7, 11) is 1.66. The van der Waals surface area contributed by atoms with Gasteiger partial charge in [0.1, 0.15) is 5.75 Å².